The number of nitrogens with zero attached hydrogens (tertiary/aromatic N) is 1. The summed E-state index contributed by atoms with van der Waals surface area (Å²) in [7, 11) is 0. The molecule has 0 aliphatic rings. The van der Waals surface area contributed by atoms with Crippen molar-refractivity contribution < 1.29 is 9.59 Å². The molecular formula is C19H15N3O2. The summed E-state index contributed by atoms with van der Waals surface area (Å²) in [5, 5.41) is 3.71. The number of fused-ring (bicyclic) bond motifs is 1. The zero-order valence-electron chi connectivity index (χ0n) is 12.8. The van der Waals surface area contributed by atoms with Crippen LogP contribution in [0.4, 0.5) is 5.69 Å². The second kappa shape index (κ2) is 6.75. The van der Waals surface area contributed by atoms with Gasteiger partial charge in [0.05, 0.1) is 5.52 Å². The molecule has 0 aliphatic heterocycles. The molecule has 3 rings (SSSR count). The summed E-state index contributed by atoms with van der Waals surface area (Å²) in [4.78, 5) is 27.6. The fourth-order valence-electron chi connectivity index (χ4n) is 2.36. The predicted molar refractivity (Wildman–Crippen MR) is 94.4 cm³/mol. The number of hydrogen-bond donors (Lipinski definition) is 2. The molecule has 3 aromatic rings. The van der Waals surface area contributed by atoms with Gasteiger partial charge in [0.25, 0.3) is 0 Å². The molecule has 0 saturated heterocycles. The van der Waals surface area contributed by atoms with Gasteiger partial charge in [0.15, 0.2) is 0 Å². The molecule has 5 nitrogen and oxygen atoms in total. The lowest BCUT2D eigenvalue weighted by atomic mass is 10.1. The van der Waals surface area contributed by atoms with Crippen LogP contribution in [0, 0.1) is 0 Å². The smallest absolute Gasteiger partial charge is 0.248 e. The van der Waals surface area contributed by atoms with Crippen LogP contribution in [-0.4, -0.2) is 16.8 Å². The van der Waals surface area contributed by atoms with E-state index in [0.717, 1.165) is 16.5 Å². The third-order valence-corrected chi connectivity index (χ3v) is 3.49. The Bertz CT molecular complexity index is 943. The molecule has 5 heteroatoms. The van der Waals surface area contributed by atoms with Crippen LogP contribution < -0.4 is 11.1 Å². The Hall–Kier alpha value is -3.47. The summed E-state index contributed by atoms with van der Waals surface area (Å²) >= 11 is 0. The first kappa shape index (κ1) is 15.4. The monoisotopic (exact) mass is 317 g/mol. The van der Waals surface area contributed by atoms with E-state index in [1.807, 2.05) is 30.3 Å². The Labute approximate surface area is 138 Å². The summed E-state index contributed by atoms with van der Waals surface area (Å²) in [6.45, 7) is 0. The van der Waals surface area contributed by atoms with Gasteiger partial charge in [0.2, 0.25) is 11.8 Å². The number of nitrogens with two attached hydrogens (primary N) is 1. The van der Waals surface area contributed by atoms with Crippen LogP contribution in [0.1, 0.15) is 15.9 Å². The van der Waals surface area contributed by atoms with Gasteiger partial charge < -0.3 is 11.1 Å². The number of rotatable bonds is 4. The SMILES string of the molecule is NC(=O)c1cccc(NC(=O)C=Cc2cccc3cccnc23)c1. The first-order chi connectivity index (χ1) is 11.6. The predicted octanol–water partition coefficient (Wildman–Crippen LogP) is 2.99. The Morgan fingerprint density at radius 1 is 1.04 bits per heavy atom. The van der Waals surface area contributed by atoms with E-state index in [-0.39, 0.29) is 5.91 Å². The molecule has 0 bridgehead atoms. The van der Waals surface area contributed by atoms with E-state index in [9.17, 15) is 9.59 Å². The molecule has 0 fully saturated rings. The number of hydrogen-bond acceptors (Lipinski definition) is 3. The third-order valence-electron chi connectivity index (χ3n) is 3.49. The Kier molecular flexibility index (Phi) is 4.34. The maximum atomic E-state index is 12.1. The van der Waals surface area contributed by atoms with E-state index >= 15 is 0 Å². The van der Waals surface area contributed by atoms with E-state index in [1.165, 1.54) is 12.1 Å². The minimum atomic E-state index is -0.538. The van der Waals surface area contributed by atoms with Crippen LogP contribution in [0.5, 0.6) is 0 Å². The molecule has 3 N–H and O–H groups in total. The van der Waals surface area contributed by atoms with Crippen molar-refractivity contribution in [1.29, 1.82) is 0 Å². The van der Waals surface area contributed by atoms with Crippen molar-refractivity contribution in [3.63, 3.8) is 0 Å². The van der Waals surface area contributed by atoms with E-state index in [1.54, 1.807) is 30.5 Å². The summed E-state index contributed by atoms with van der Waals surface area (Å²) in [5.74, 6) is -0.840. The largest absolute Gasteiger partial charge is 0.366 e. The van der Waals surface area contributed by atoms with Gasteiger partial charge in [-0.05, 0) is 30.3 Å². The summed E-state index contributed by atoms with van der Waals surface area (Å²) in [6, 6.07) is 16.1. The number of carbonyl (C=O) groups is 2. The van der Waals surface area contributed by atoms with E-state index in [2.05, 4.69) is 10.3 Å². The third kappa shape index (κ3) is 3.47. The number of anilines is 1. The van der Waals surface area contributed by atoms with Crippen LogP contribution >= 0.6 is 0 Å². The Morgan fingerprint density at radius 3 is 2.67 bits per heavy atom. The highest BCUT2D eigenvalue weighted by Crippen LogP contribution is 2.17. The highest BCUT2D eigenvalue weighted by Gasteiger charge is 2.04. The van der Waals surface area contributed by atoms with Crippen LogP contribution in [0.3, 0.4) is 0 Å². The van der Waals surface area contributed by atoms with Gasteiger partial charge >= 0.3 is 0 Å². The van der Waals surface area contributed by atoms with Crippen molar-refractivity contribution in [2.45, 2.75) is 0 Å². The molecule has 2 amide bonds. The molecule has 1 aromatic heterocycles. The standard InChI is InChI=1S/C19H15N3O2/c20-19(24)15-6-2-8-16(12-15)22-17(23)10-9-14-5-1-4-13-7-3-11-21-18(13)14/h1-12H,(H2,20,24)(H,22,23). The lowest BCUT2D eigenvalue weighted by Crippen LogP contribution is -2.12. The number of aromatic nitrogens is 1. The second-order valence-corrected chi connectivity index (χ2v) is 5.19. The first-order valence-electron chi connectivity index (χ1n) is 7.36. The van der Waals surface area contributed by atoms with Crippen LogP contribution in [0.15, 0.2) is 66.9 Å². The topological polar surface area (TPSA) is 85.1 Å². The minimum Gasteiger partial charge on any atom is -0.366 e. The number of nitrogens with one attached hydrogen (secondary N) is 1. The van der Waals surface area contributed by atoms with Crippen LogP contribution in [0.25, 0.3) is 17.0 Å². The zero-order valence-corrected chi connectivity index (χ0v) is 12.8. The summed E-state index contributed by atoms with van der Waals surface area (Å²) in [5.41, 5.74) is 7.77. The van der Waals surface area contributed by atoms with Gasteiger partial charge in [-0.15, -0.1) is 0 Å². The molecule has 0 aliphatic carbocycles. The number of amides is 2. The van der Waals surface area contributed by atoms with E-state index < -0.39 is 5.91 Å². The van der Waals surface area contributed by atoms with Crippen LogP contribution in [-0.2, 0) is 4.79 Å². The van der Waals surface area contributed by atoms with Crippen molar-refractivity contribution in [3.05, 3.63) is 78.0 Å². The lowest BCUT2D eigenvalue weighted by molar-refractivity contribution is -0.111. The lowest BCUT2D eigenvalue weighted by Gasteiger charge is -2.04. The fraction of sp³-hybridized carbons (Fsp3) is 0. The number of pyridine rings is 1. The molecule has 24 heavy (non-hydrogen) atoms. The van der Waals surface area contributed by atoms with Gasteiger partial charge in [-0.2, -0.15) is 0 Å². The Morgan fingerprint density at radius 2 is 1.83 bits per heavy atom. The highest BCUT2D eigenvalue weighted by molar-refractivity contribution is 6.04. The van der Waals surface area contributed by atoms with Crippen molar-refractivity contribution in [1.82, 2.24) is 4.98 Å². The normalized spacial score (nSPS) is 10.8. The number of primary amides is 1. The van der Waals surface area contributed by atoms with Crippen molar-refractivity contribution >= 4 is 34.5 Å². The molecule has 1 heterocycles. The molecule has 0 saturated carbocycles. The van der Waals surface area contributed by atoms with Crippen molar-refractivity contribution in [3.8, 4) is 0 Å². The second-order valence-electron chi connectivity index (χ2n) is 5.19. The van der Waals surface area contributed by atoms with Crippen LogP contribution in [0.2, 0.25) is 0 Å². The molecule has 118 valence electrons. The van der Waals surface area contributed by atoms with Gasteiger partial charge in [-0.1, -0.05) is 30.3 Å². The summed E-state index contributed by atoms with van der Waals surface area (Å²) in [6.07, 6.45) is 4.86. The van der Waals surface area contributed by atoms with Crippen molar-refractivity contribution in [2.24, 2.45) is 5.73 Å². The van der Waals surface area contributed by atoms with E-state index in [4.69, 9.17) is 5.73 Å². The number of benzene rings is 2. The van der Waals surface area contributed by atoms with Gasteiger partial charge in [0, 0.05) is 34.5 Å². The summed E-state index contributed by atoms with van der Waals surface area (Å²) < 4.78 is 0. The Balaban J connectivity index is 1.78. The quantitative estimate of drug-likeness (QED) is 0.725. The first-order valence-corrected chi connectivity index (χ1v) is 7.36. The maximum Gasteiger partial charge on any atom is 0.248 e. The van der Waals surface area contributed by atoms with Gasteiger partial charge in [-0.3, -0.25) is 14.6 Å². The fourth-order valence-corrected chi connectivity index (χ4v) is 2.36. The number of carbonyl (C=O) groups excluding carboxylic acids is 2. The zero-order chi connectivity index (χ0) is 16.9. The molecule has 0 radical (unpaired) electrons. The molecular weight excluding hydrogens is 302 g/mol. The van der Waals surface area contributed by atoms with E-state index in [0.29, 0.717) is 11.3 Å². The highest BCUT2D eigenvalue weighted by atomic mass is 16.1. The average molecular weight is 317 g/mol. The van der Waals surface area contributed by atoms with Gasteiger partial charge in [-0.25, -0.2) is 0 Å². The molecule has 0 atom stereocenters. The maximum absolute atomic E-state index is 12.1. The molecule has 0 spiro atoms. The van der Waals surface area contributed by atoms with Crippen molar-refractivity contribution in [2.75, 3.05) is 5.32 Å². The number of para-hydroxylation sites is 1. The minimum absolute atomic E-state index is 0.301. The molecule has 0 unspecified atom stereocenters. The molecule has 2 aromatic carbocycles. The average Bonchev–Trinajstić information content (AvgIpc) is 2.60. The van der Waals surface area contributed by atoms with Gasteiger partial charge in [0.1, 0.15) is 0 Å².